The van der Waals surface area contributed by atoms with Crippen LogP contribution >= 0.6 is 0 Å². The number of aromatic nitrogens is 3. The maximum Gasteiger partial charge on any atom is 0.214 e. The number of para-hydroxylation sites is 1. The first-order valence-corrected chi connectivity index (χ1v) is 6.34. The van der Waals surface area contributed by atoms with Crippen molar-refractivity contribution in [3.63, 3.8) is 0 Å². The Morgan fingerprint density at radius 2 is 2.21 bits per heavy atom. The molecule has 2 heterocycles. The Hall–Kier alpha value is -2.30. The summed E-state index contributed by atoms with van der Waals surface area (Å²) in [4.78, 5) is 8.64. The van der Waals surface area contributed by atoms with Gasteiger partial charge in [0.25, 0.3) is 0 Å². The van der Waals surface area contributed by atoms with Gasteiger partial charge in [0, 0.05) is 6.42 Å². The van der Waals surface area contributed by atoms with E-state index in [9.17, 15) is 0 Å². The molecule has 0 bridgehead atoms. The quantitative estimate of drug-likeness (QED) is 0.781. The molecule has 0 atom stereocenters. The van der Waals surface area contributed by atoms with Crippen LogP contribution in [0.25, 0.3) is 11.0 Å². The molecule has 98 valence electrons. The van der Waals surface area contributed by atoms with E-state index in [2.05, 4.69) is 9.97 Å². The van der Waals surface area contributed by atoms with Gasteiger partial charge in [0.2, 0.25) is 11.8 Å². The lowest BCUT2D eigenvalue weighted by atomic mass is 10.2. The molecule has 0 aliphatic carbocycles. The molecule has 0 radical (unpaired) electrons. The van der Waals surface area contributed by atoms with E-state index in [-0.39, 0.29) is 0 Å². The summed E-state index contributed by atoms with van der Waals surface area (Å²) in [7, 11) is 0. The molecule has 0 spiro atoms. The molecule has 5 heteroatoms. The molecule has 19 heavy (non-hydrogen) atoms. The van der Waals surface area contributed by atoms with Crippen LogP contribution in [0.5, 0.6) is 0 Å². The number of anilines is 1. The fraction of sp³-hybridized carbons (Fsp3) is 0.286. The molecule has 0 aliphatic heterocycles. The number of aryl methyl sites for hydroxylation is 2. The van der Waals surface area contributed by atoms with Gasteiger partial charge in [-0.15, -0.1) is 0 Å². The highest BCUT2D eigenvalue weighted by Gasteiger charge is 2.12. The predicted octanol–water partition coefficient (Wildman–Crippen LogP) is 2.53. The monoisotopic (exact) mass is 256 g/mol. The first kappa shape index (κ1) is 11.8. The van der Waals surface area contributed by atoms with Gasteiger partial charge in [0.1, 0.15) is 12.3 Å². The van der Waals surface area contributed by atoms with Gasteiger partial charge in [-0.1, -0.05) is 19.1 Å². The molecular weight excluding hydrogens is 240 g/mol. The van der Waals surface area contributed by atoms with E-state index in [4.69, 9.17) is 10.2 Å². The molecule has 0 aliphatic rings. The Morgan fingerprint density at radius 3 is 2.95 bits per heavy atom. The molecule has 3 aromatic rings. The van der Waals surface area contributed by atoms with Crippen LogP contribution in [0, 0.1) is 6.92 Å². The Kier molecular flexibility index (Phi) is 2.74. The van der Waals surface area contributed by atoms with Crippen molar-refractivity contribution < 1.29 is 4.42 Å². The van der Waals surface area contributed by atoms with Crippen LogP contribution in [-0.4, -0.2) is 14.5 Å². The van der Waals surface area contributed by atoms with Crippen LogP contribution in [0.4, 0.5) is 5.95 Å². The van der Waals surface area contributed by atoms with E-state index in [0.29, 0.717) is 18.4 Å². The molecule has 3 rings (SSSR count). The van der Waals surface area contributed by atoms with Crippen molar-refractivity contribution >= 4 is 17.0 Å². The molecule has 5 nitrogen and oxygen atoms in total. The molecule has 0 saturated heterocycles. The normalized spacial score (nSPS) is 11.3. The number of imidazole rings is 1. The zero-order chi connectivity index (χ0) is 13.4. The van der Waals surface area contributed by atoms with Crippen LogP contribution in [0.3, 0.4) is 0 Å². The van der Waals surface area contributed by atoms with Crippen LogP contribution in [0.15, 0.2) is 28.8 Å². The van der Waals surface area contributed by atoms with Gasteiger partial charge in [-0.05, 0) is 18.6 Å². The van der Waals surface area contributed by atoms with Crippen molar-refractivity contribution in [2.75, 3.05) is 5.73 Å². The number of nitrogen functional groups attached to an aromatic ring is 1. The second-order valence-corrected chi connectivity index (χ2v) is 4.57. The smallest absolute Gasteiger partial charge is 0.214 e. The maximum absolute atomic E-state index is 5.99. The summed E-state index contributed by atoms with van der Waals surface area (Å²) in [5.74, 6) is 2.03. The number of benzene rings is 1. The van der Waals surface area contributed by atoms with Crippen molar-refractivity contribution in [2.24, 2.45) is 0 Å². The fourth-order valence-electron chi connectivity index (χ4n) is 2.26. The predicted molar refractivity (Wildman–Crippen MR) is 73.9 cm³/mol. The Balaban J connectivity index is 2.07. The third-order valence-corrected chi connectivity index (χ3v) is 3.24. The summed E-state index contributed by atoms with van der Waals surface area (Å²) in [5.41, 5.74) is 9.08. The van der Waals surface area contributed by atoms with Gasteiger partial charge in [-0.2, -0.15) is 0 Å². The van der Waals surface area contributed by atoms with E-state index in [1.807, 2.05) is 36.6 Å². The average Bonchev–Trinajstić information content (AvgIpc) is 2.96. The average molecular weight is 256 g/mol. The fourth-order valence-corrected chi connectivity index (χ4v) is 2.26. The molecular formula is C14H16N4O. The van der Waals surface area contributed by atoms with Crippen molar-refractivity contribution in [1.29, 1.82) is 0 Å². The molecule has 1 aromatic carbocycles. The summed E-state index contributed by atoms with van der Waals surface area (Å²) in [6.45, 7) is 4.59. The highest BCUT2D eigenvalue weighted by molar-refractivity contribution is 5.81. The van der Waals surface area contributed by atoms with Crippen LogP contribution in [-0.2, 0) is 13.0 Å². The van der Waals surface area contributed by atoms with Crippen molar-refractivity contribution in [1.82, 2.24) is 14.5 Å². The first-order valence-electron chi connectivity index (χ1n) is 6.34. The first-order chi connectivity index (χ1) is 9.19. The topological polar surface area (TPSA) is 69.9 Å². The van der Waals surface area contributed by atoms with Gasteiger partial charge in [-0.25, -0.2) is 9.97 Å². The number of hydrogen-bond acceptors (Lipinski definition) is 4. The summed E-state index contributed by atoms with van der Waals surface area (Å²) in [5, 5.41) is 0. The molecule has 0 saturated carbocycles. The van der Waals surface area contributed by atoms with Gasteiger partial charge in [-0.3, -0.25) is 0 Å². The third-order valence-electron chi connectivity index (χ3n) is 3.24. The van der Waals surface area contributed by atoms with Crippen molar-refractivity contribution in [3.05, 3.63) is 41.6 Å². The lowest BCUT2D eigenvalue weighted by Crippen LogP contribution is -2.05. The van der Waals surface area contributed by atoms with Crippen LogP contribution < -0.4 is 5.73 Å². The lowest BCUT2D eigenvalue weighted by molar-refractivity contribution is 0.449. The summed E-state index contributed by atoms with van der Waals surface area (Å²) >= 11 is 0. The molecule has 0 amide bonds. The number of nitrogens with two attached hydrogens (primary N) is 1. The van der Waals surface area contributed by atoms with E-state index >= 15 is 0 Å². The minimum absolute atomic E-state index is 0.487. The SMILES string of the molecule is CCc1cnc(Cn2c(N)nc3cccc(C)c32)o1. The lowest BCUT2D eigenvalue weighted by Gasteiger charge is -2.05. The number of fused-ring (bicyclic) bond motifs is 1. The van der Waals surface area contributed by atoms with Gasteiger partial charge < -0.3 is 14.7 Å². The zero-order valence-electron chi connectivity index (χ0n) is 11.1. The highest BCUT2D eigenvalue weighted by Crippen LogP contribution is 2.22. The van der Waals surface area contributed by atoms with Gasteiger partial charge in [0.05, 0.1) is 17.2 Å². The number of oxazole rings is 1. The van der Waals surface area contributed by atoms with Gasteiger partial charge >= 0.3 is 0 Å². The second-order valence-electron chi connectivity index (χ2n) is 4.57. The van der Waals surface area contributed by atoms with Crippen molar-refractivity contribution in [2.45, 2.75) is 26.8 Å². The van der Waals surface area contributed by atoms with E-state index in [0.717, 1.165) is 28.8 Å². The van der Waals surface area contributed by atoms with Crippen LogP contribution in [0.1, 0.15) is 24.1 Å². The minimum Gasteiger partial charge on any atom is -0.444 e. The number of hydrogen-bond donors (Lipinski definition) is 1. The standard InChI is InChI=1S/C14H16N4O/c1-3-10-7-16-12(19-10)8-18-13-9(2)5-4-6-11(13)17-14(18)15/h4-7H,3,8H2,1-2H3,(H2,15,17). The second kappa shape index (κ2) is 4.42. The summed E-state index contributed by atoms with van der Waals surface area (Å²) in [6.07, 6.45) is 2.60. The number of nitrogens with zero attached hydrogens (tertiary/aromatic N) is 3. The third kappa shape index (κ3) is 1.97. The van der Waals surface area contributed by atoms with Crippen LogP contribution in [0.2, 0.25) is 0 Å². The molecule has 0 unspecified atom stereocenters. The largest absolute Gasteiger partial charge is 0.444 e. The molecule has 2 aromatic heterocycles. The molecule has 2 N–H and O–H groups in total. The Labute approximate surface area is 111 Å². The van der Waals surface area contributed by atoms with Gasteiger partial charge in [0.15, 0.2) is 0 Å². The van der Waals surface area contributed by atoms with E-state index in [1.165, 1.54) is 0 Å². The minimum atomic E-state index is 0.487. The maximum atomic E-state index is 5.99. The van der Waals surface area contributed by atoms with E-state index in [1.54, 1.807) is 6.20 Å². The van der Waals surface area contributed by atoms with E-state index < -0.39 is 0 Å². The van der Waals surface area contributed by atoms with Crippen molar-refractivity contribution in [3.8, 4) is 0 Å². The Morgan fingerprint density at radius 1 is 1.37 bits per heavy atom. The summed E-state index contributed by atoms with van der Waals surface area (Å²) in [6, 6.07) is 5.99. The molecule has 0 fully saturated rings. The number of rotatable bonds is 3. The Bertz CT molecular complexity index is 726. The highest BCUT2D eigenvalue weighted by atomic mass is 16.4. The summed E-state index contributed by atoms with van der Waals surface area (Å²) < 4.78 is 7.58. The zero-order valence-corrected chi connectivity index (χ0v) is 11.1.